The van der Waals surface area contributed by atoms with Gasteiger partial charge in [0.05, 0.1) is 33.8 Å². The molecule has 0 bridgehead atoms. The lowest BCUT2D eigenvalue weighted by molar-refractivity contribution is -0.160. The Morgan fingerprint density at radius 1 is 1.46 bits per heavy atom. The Kier molecular flexibility index (Phi) is 5.65. The van der Waals surface area contributed by atoms with Gasteiger partial charge >= 0.3 is 16.4 Å². The number of nitrogens with one attached hydrogen (secondary N) is 1. The van der Waals surface area contributed by atoms with Crippen molar-refractivity contribution in [1.82, 2.24) is 10.2 Å². The van der Waals surface area contributed by atoms with Gasteiger partial charge in [0, 0.05) is 25.0 Å². The van der Waals surface area contributed by atoms with Crippen molar-refractivity contribution < 1.29 is 40.9 Å². The molecule has 4 atom stereocenters. The summed E-state index contributed by atoms with van der Waals surface area (Å²) in [6.07, 6.45) is -0.200. The Morgan fingerprint density at radius 3 is 2.58 bits per heavy atom. The number of nitrogens with zero attached hydrogens (tertiary/aromatic N) is 1. The zero-order valence-electron chi connectivity index (χ0n) is 13.6. The molecule has 144 valence electrons. The molecule has 2 amide bonds. The molecule has 1 unspecified atom stereocenters. The van der Waals surface area contributed by atoms with E-state index >= 15 is 0 Å². The lowest BCUT2D eigenvalue weighted by atomic mass is 9.83. The molecule has 0 aliphatic carbocycles. The molecular weight excluding hydrogens is 392 g/mol. The molecule has 2 rings (SSSR count). The number of carbonyl (C=O) groups excluding carboxylic acids is 2. The molecule has 2 heterocycles. The maximum Gasteiger partial charge on any atom is 0.397 e. The summed E-state index contributed by atoms with van der Waals surface area (Å²) in [7, 11) is -6.71. The van der Waals surface area contributed by atoms with Gasteiger partial charge in [-0.25, -0.2) is 13.2 Å². The van der Waals surface area contributed by atoms with Crippen LogP contribution in [0.2, 0.25) is 0 Å². The fraction of sp³-hybridized carbons (Fsp3) is 0.462. The second-order valence-electron chi connectivity index (χ2n) is 5.61. The van der Waals surface area contributed by atoms with Gasteiger partial charge in [-0.05, 0) is 6.92 Å². The van der Waals surface area contributed by atoms with Crippen LogP contribution in [0.15, 0.2) is 22.2 Å². The smallest absolute Gasteiger partial charge is 0.397 e. The summed E-state index contributed by atoms with van der Waals surface area (Å²) >= 11 is 0. The number of carboxylic acid groups (broad SMARTS) is 1. The highest BCUT2D eigenvalue weighted by Gasteiger charge is 2.58. The third kappa shape index (κ3) is 4.00. The van der Waals surface area contributed by atoms with Crippen molar-refractivity contribution in [2.45, 2.75) is 32.4 Å². The van der Waals surface area contributed by atoms with Gasteiger partial charge < -0.3 is 15.3 Å². The van der Waals surface area contributed by atoms with E-state index in [1.165, 1.54) is 13.8 Å². The van der Waals surface area contributed by atoms with Crippen molar-refractivity contribution in [3.05, 3.63) is 22.2 Å². The minimum absolute atomic E-state index is 0.0426. The zero-order valence-corrected chi connectivity index (χ0v) is 15.2. The van der Waals surface area contributed by atoms with Crippen LogP contribution in [-0.4, -0.2) is 57.1 Å². The van der Waals surface area contributed by atoms with Gasteiger partial charge in [0.2, 0.25) is 11.8 Å². The SMILES string of the molecule is CC(=O)N/C=C/S(=O)C1=C(C(=O)O)N2C(=O)[C@@H]([C@H](C)OS(=O)(=O)O)[C@H]2C1. The number of fused-ring (bicyclic) bond motifs is 1. The third-order valence-electron chi connectivity index (χ3n) is 3.87. The predicted octanol–water partition coefficient (Wildman–Crippen LogP) is -0.923. The van der Waals surface area contributed by atoms with E-state index in [9.17, 15) is 32.1 Å². The summed E-state index contributed by atoms with van der Waals surface area (Å²) in [6.45, 7) is 2.48. The second-order valence-corrected chi connectivity index (χ2v) is 8.02. The van der Waals surface area contributed by atoms with E-state index in [4.69, 9.17) is 4.55 Å². The Morgan fingerprint density at radius 2 is 2.08 bits per heavy atom. The summed E-state index contributed by atoms with van der Waals surface area (Å²) in [6, 6.07) is -0.751. The normalized spacial score (nSPS) is 25.0. The third-order valence-corrected chi connectivity index (χ3v) is 5.65. The minimum atomic E-state index is -4.79. The molecule has 0 aromatic carbocycles. The molecule has 0 aromatic rings. The number of aliphatic carboxylic acids is 1. The first-order valence-corrected chi connectivity index (χ1v) is 9.81. The summed E-state index contributed by atoms with van der Waals surface area (Å²) < 4.78 is 47.1. The average Bonchev–Trinajstić information content (AvgIpc) is 2.80. The topological polar surface area (TPSA) is 167 Å². The fourth-order valence-corrected chi connectivity index (χ4v) is 4.51. The Labute approximate surface area is 151 Å². The van der Waals surface area contributed by atoms with Gasteiger partial charge in [0.15, 0.2) is 0 Å². The molecule has 0 saturated carbocycles. The standard InChI is InChI=1S/C13H16N2O9S2/c1-6(24-26(21,22)23)10-8-5-9(25(20)4-3-14-7(2)16)11(13(18)19)15(8)12(10)17/h3-4,6,8,10H,5H2,1-2H3,(H,14,16)(H,18,19)(H,21,22,23)/b4-3+/t6-,8+,10-,25?/m0/s1. The van der Waals surface area contributed by atoms with Crippen molar-refractivity contribution in [3.63, 3.8) is 0 Å². The highest BCUT2D eigenvalue weighted by Crippen LogP contribution is 2.45. The molecule has 1 saturated heterocycles. The number of carbonyl (C=O) groups is 3. The van der Waals surface area contributed by atoms with Gasteiger partial charge in [0.1, 0.15) is 5.70 Å². The Hall–Kier alpha value is -2.09. The molecule has 0 spiro atoms. The van der Waals surface area contributed by atoms with Crippen LogP contribution in [-0.2, 0) is 39.8 Å². The van der Waals surface area contributed by atoms with Gasteiger partial charge in [-0.1, -0.05) is 0 Å². The molecule has 3 N–H and O–H groups in total. The van der Waals surface area contributed by atoms with E-state index in [1.54, 1.807) is 0 Å². The van der Waals surface area contributed by atoms with Crippen LogP contribution in [0.3, 0.4) is 0 Å². The second kappa shape index (κ2) is 7.26. The molecule has 1 fully saturated rings. The van der Waals surface area contributed by atoms with Crippen molar-refractivity contribution in [2.24, 2.45) is 5.92 Å². The van der Waals surface area contributed by atoms with E-state index < -0.39 is 62.7 Å². The minimum Gasteiger partial charge on any atom is -0.477 e. The fourth-order valence-electron chi connectivity index (χ4n) is 2.94. The highest BCUT2D eigenvalue weighted by molar-refractivity contribution is 7.91. The zero-order chi connectivity index (χ0) is 19.8. The maximum absolute atomic E-state index is 12.3. The van der Waals surface area contributed by atoms with Crippen LogP contribution in [0.1, 0.15) is 20.3 Å². The molecule has 0 radical (unpaired) electrons. The van der Waals surface area contributed by atoms with Gasteiger partial charge in [-0.15, -0.1) is 0 Å². The summed E-state index contributed by atoms with van der Waals surface area (Å²) in [5.74, 6) is -3.59. The number of rotatable bonds is 7. The quantitative estimate of drug-likeness (QED) is 0.356. The van der Waals surface area contributed by atoms with Crippen molar-refractivity contribution in [1.29, 1.82) is 0 Å². The maximum atomic E-state index is 12.3. The van der Waals surface area contributed by atoms with Crippen LogP contribution in [0.25, 0.3) is 0 Å². The van der Waals surface area contributed by atoms with Crippen LogP contribution in [0, 0.1) is 5.92 Å². The first-order chi connectivity index (χ1) is 11.9. The van der Waals surface area contributed by atoms with Crippen LogP contribution in [0.4, 0.5) is 0 Å². The molecule has 0 aromatic heterocycles. The first-order valence-electron chi connectivity index (χ1n) is 7.23. The van der Waals surface area contributed by atoms with Crippen LogP contribution >= 0.6 is 0 Å². The van der Waals surface area contributed by atoms with Crippen LogP contribution in [0.5, 0.6) is 0 Å². The molecular formula is C13H16N2O9S2. The Bertz CT molecular complexity index is 846. The van der Waals surface area contributed by atoms with E-state index in [-0.39, 0.29) is 11.3 Å². The lowest BCUT2D eigenvalue weighted by Gasteiger charge is -2.45. The lowest BCUT2D eigenvalue weighted by Crippen LogP contribution is -2.62. The van der Waals surface area contributed by atoms with E-state index in [0.29, 0.717) is 0 Å². The van der Waals surface area contributed by atoms with Crippen LogP contribution < -0.4 is 5.32 Å². The first kappa shape index (κ1) is 20.2. The predicted molar refractivity (Wildman–Crippen MR) is 86.6 cm³/mol. The van der Waals surface area contributed by atoms with Crippen molar-refractivity contribution in [2.75, 3.05) is 0 Å². The van der Waals surface area contributed by atoms with Gasteiger partial charge in [-0.2, -0.15) is 8.42 Å². The van der Waals surface area contributed by atoms with Crippen molar-refractivity contribution >= 4 is 39.0 Å². The Balaban J connectivity index is 2.24. The summed E-state index contributed by atoms with van der Waals surface area (Å²) in [4.78, 5) is 35.4. The molecule has 11 nitrogen and oxygen atoms in total. The van der Waals surface area contributed by atoms with E-state index in [2.05, 4.69) is 9.50 Å². The number of carboxylic acids is 1. The van der Waals surface area contributed by atoms with E-state index in [1.807, 2.05) is 0 Å². The molecule has 13 heteroatoms. The van der Waals surface area contributed by atoms with E-state index in [0.717, 1.165) is 16.5 Å². The van der Waals surface area contributed by atoms with Gasteiger partial charge in [-0.3, -0.25) is 14.1 Å². The molecule has 2 aliphatic rings. The van der Waals surface area contributed by atoms with Crippen molar-refractivity contribution in [3.8, 4) is 0 Å². The monoisotopic (exact) mass is 408 g/mol. The number of hydrogen-bond donors (Lipinski definition) is 3. The molecule has 26 heavy (non-hydrogen) atoms. The largest absolute Gasteiger partial charge is 0.477 e. The van der Waals surface area contributed by atoms with Gasteiger partial charge in [0.25, 0.3) is 0 Å². The summed E-state index contributed by atoms with van der Waals surface area (Å²) in [5.41, 5.74) is -0.443. The number of amides is 2. The number of hydrogen-bond acceptors (Lipinski definition) is 7. The summed E-state index contributed by atoms with van der Waals surface area (Å²) in [5, 5.41) is 12.7. The number of β-lactam (4-membered cyclic amide) rings is 1. The molecule has 2 aliphatic heterocycles. The average molecular weight is 408 g/mol. The highest BCUT2D eigenvalue weighted by atomic mass is 32.3.